The van der Waals surface area contributed by atoms with Crippen molar-refractivity contribution in [1.82, 2.24) is 25.1 Å². The Kier molecular flexibility index (Phi) is 7.11. The number of carbonyl (C=O) groups is 1. The quantitative estimate of drug-likeness (QED) is 0.534. The highest BCUT2D eigenvalue weighted by Crippen LogP contribution is 2.37. The maximum Gasteiger partial charge on any atom is 0.223 e. The molecule has 2 fully saturated rings. The third-order valence-electron chi connectivity index (χ3n) is 7.84. The van der Waals surface area contributed by atoms with Crippen molar-refractivity contribution in [3.63, 3.8) is 0 Å². The van der Waals surface area contributed by atoms with Crippen molar-refractivity contribution in [2.45, 2.75) is 69.4 Å². The molecule has 1 saturated heterocycles. The van der Waals surface area contributed by atoms with Gasteiger partial charge in [-0.1, -0.05) is 17.7 Å². The summed E-state index contributed by atoms with van der Waals surface area (Å²) >= 11 is 6.42. The first kappa shape index (κ1) is 24.4. The zero-order valence-electron chi connectivity index (χ0n) is 20.8. The van der Waals surface area contributed by atoms with Crippen LogP contribution in [0.4, 0.5) is 0 Å². The van der Waals surface area contributed by atoms with Gasteiger partial charge in [0, 0.05) is 54.8 Å². The van der Waals surface area contributed by atoms with E-state index in [9.17, 15) is 4.79 Å². The second-order valence-corrected chi connectivity index (χ2v) is 10.8. The van der Waals surface area contributed by atoms with Crippen molar-refractivity contribution in [3.8, 4) is 11.6 Å². The number of nitrogens with one attached hydrogen (secondary N) is 1. The van der Waals surface area contributed by atoms with E-state index in [1.807, 2.05) is 30.3 Å². The fourth-order valence-electron chi connectivity index (χ4n) is 5.89. The lowest BCUT2D eigenvalue weighted by Crippen LogP contribution is -2.42. The normalized spacial score (nSPS) is 24.0. The number of nitrogens with zero attached hydrogens (tertiary/aromatic N) is 4. The van der Waals surface area contributed by atoms with Gasteiger partial charge < -0.3 is 14.8 Å². The van der Waals surface area contributed by atoms with Gasteiger partial charge in [0.15, 0.2) is 0 Å². The summed E-state index contributed by atoms with van der Waals surface area (Å²) < 4.78 is 13.8. The van der Waals surface area contributed by atoms with Gasteiger partial charge >= 0.3 is 0 Å². The van der Waals surface area contributed by atoms with Crippen molar-refractivity contribution >= 4 is 17.5 Å². The molecule has 0 bridgehead atoms. The molecule has 1 aromatic carbocycles. The average Bonchev–Trinajstić information content (AvgIpc) is 3.26. The standard InChI is InChI=1S/C28H32ClN5O3/c29-21-6-9-24-20(15-21)16-22(31-28(35)19-10-13-36-14-11-19)17-25-32-33-27(34(24)25)18-4-7-23(8-5-18)37-26-3-1-2-12-30-26/h1-3,6,9,12,15,18-19,22-23H,4-5,7-8,10-11,13-14,16-17H2,(H,31,35)/t18-,22-,23-/m1/s1. The van der Waals surface area contributed by atoms with Crippen LogP contribution in [0.5, 0.6) is 5.88 Å². The molecule has 37 heavy (non-hydrogen) atoms. The number of hydrogen-bond acceptors (Lipinski definition) is 6. The van der Waals surface area contributed by atoms with Crippen LogP contribution in [0.3, 0.4) is 0 Å². The molecule has 2 aromatic heterocycles. The summed E-state index contributed by atoms with van der Waals surface area (Å²) in [5.41, 5.74) is 2.17. The van der Waals surface area contributed by atoms with E-state index in [0.717, 1.165) is 61.4 Å². The SMILES string of the molecule is O=C(N[C@@H]1Cc2cc(Cl)ccc2-n2c(nnc2[C@H]2CC[C@H](Oc3ccccn3)CC2)C1)C1CCOCC1. The topological polar surface area (TPSA) is 91.2 Å². The van der Waals surface area contributed by atoms with Crippen LogP contribution in [0.2, 0.25) is 5.02 Å². The van der Waals surface area contributed by atoms with Crippen molar-refractivity contribution < 1.29 is 14.3 Å². The Balaban J connectivity index is 1.21. The predicted octanol–water partition coefficient (Wildman–Crippen LogP) is 4.43. The summed E-state index contributed by atoms with van der Waals surface area (Å²) in [6, 6.07) is 11.7. The Morgan fingerprint density at radius 1 is 1.03 bits per heavy atom. The molecular formula is C28H32ClN5O3. The molecular weight excluding hydrogens is 490 g/mol. The molecule has 6 rings (SSSR count). The Morgan fingerprint density at radius 2 is 1.86 bits per heavy atom. The molecule has 1 saturated carbocycles. The number of pyridine rings is 1. The number of halogens is 1. The smallest absolute Gasteiger partial charge is 0.223 e. The Bertz CT molecular complexity index is 1240. The highest BCUT2D eigenvalue weighted by molar-refractivity contribution is 6.30. The van der Waals surface area contributed by atoms with Gasteiger partial charge in [-0.05, 0) is 74.8 Å². The van der Waals surface area contributed by atoms with Gasteiger partial charge in [-0.2, -0.15) is 0 Å². The summed E-state index contributed by atoms with van der Waals surface area (Å²) in [5.74, 6) is 2.97. The summed E-state index contributed by atoms with van der Waals surface area (Å²) in [4.78, 5) is 17.3. The molecule has 1 N–H and O–H groups in total. The van der Waals surface area contributed by atoms with Crippen molar-refractivity contribution in [2.75, 3.05) is 13.2 Å². The first-order valence-electron chi connectivity index (χ1n) is 13.3. The van der Waals surface area contributed by atoms with Gasteiger partial charge in [0.1, 0.15) is 17.8 Å². The highest BCUT2D eigenvalue weighted by atomic mass is 35.5. The van der Waals surface area contributed by atoms with Crippen LogP contribution in [-0.4, -0.2) is 51.0 Å². The molecule has 9 heteroatoms. The molecule has 8 nitrogen and oxygen atoms in total. The second kappa shape index (κ2) is 10.8. The molecule has 194 valence electrons. The number of fused-ring (bicyclic) bond motifs is 3. The van der Waals surface area contributed by atoms with Gasteiger partial charge in [-0.25, -0.2) is 4.98 Å². The van der Waals surface area contributed by atoms with Gasteiger partial charge in [0.2, 0.25) is 11.8 Å². The van der Waals surface area contributed by atoms with Gasteiger partial charge in [0.25, 0.3) is 0 Å². The van der Waals surface area contributed by atoms with Crippen LogP contribution >= 0.6 is 11.6 Å². The van der Waals surface area contributed by atoms with Crippen molar-refractivity contribution in [1.29, 1.82) is 0 Å². The van der Waals surface area contributed by atoms with Gasteiger partial charge in [-0.15, -0.1) is 10.2 Å². The van der Waals surface area contributed by atoms with E-state index in [1.54, 1.807) is 6.20 Å². The lowest BCUT2D eigenvalue weighted by atomic mass is 9.86. The van der Waals surface area contributed by atoms with Crippen LogP contribution in [0, 0.1) is 5.92 Å². The molecule has 1 aliphatic carbocycles. The highest BCUT2D eigenvalue weighted by Gasteiger charge is 2.33. The third kappa shape index (κ3) is 5.36. The molecule has 1 atom stereocenters. The van der Waals surface area contributed by atoms with Crippen LogP contribution in [0.1, 0.15) is 61.7 Å². The first-order chi connectivity index (χ1) is 18.1. The molecule has 4 heterocycles. The molecule has 2 aliphatic heterocycles. The average molecular weight is 522 g/mol. The molecule has 3 aromatic rings. The third-order valence-corrected chi connectivity index (χ3v) is 8.07. The summed E-state index contributed by atoms with van der Waals surface area (Å²) in [6.07, 6.45) is 8.64. The summed E-state index contributed by atoms with van der Waals surface area (Å²) in [6.45, 7) is 1.29. The number of benzene rings is 1. The minimum absolute atomic E-state index is 0.00718. The monoisotopic (exact) mass is 521 g/mol. The molecule has 0 spiro atoms. The van der Waals surface area contributed by atoms with Crippen LogP contribution < -0.4 is 10.1 Å². The Morgan fingerprint density at radius 3 is 2.65 bits per heavy atom. The number of aromatic nitrogens is 4. The molecule has 1 amide bonds. The Hall–Kier alpha value is -2.97. The predicted molar refractivity (Wildman–Crippen MR) is 139 cm³/mol. The van der Waals surface area contributed by atoms with Crippen molar-refractivity contribution in [3.05, 3.63) is 64.8 Å². The zero-order chi connectivity index (χ0) is 25.2. The number of carbonyl (C=O) groups excluding carboxylic acids is 1. The van der Waals surface area contributed by atoms with E-state index in [2.05, 4.69) is 26.0 Å². The maximum atomic E-state index is 13.0. The van der Waals surface area contributed by atoms with Crippen molar-refractivity contribution in [2.24, 2.45) is 5.92 Å². The first-order valence-corrected chi connectivity index (χ1v) is 13.7. The largest absolute Gasteiger partial charge is 0.474 e. The van der Waals surface area contributed by atoms with E-state index in [0.29, 0.717) is 42.9 Å². The summed E-state index contributed by atoms with van der Waals surface area (Å²) in [5, 5.41) is 13.3. The van der Waals surface area contributed by atoms with E-state index < -0.39 is 0 Å². The lowest BCUT2D eigenvalue weighted by molar-refractivity contribution is -0.128. The number of amides is 1. The second-order valence-electron chi connectivity index (χ2n) is 10.3. The van der Waals surface area contributed by atoms with Gasteiger partial charge in [0.05, 0.1) is 5.69 Å². The zero-order valence-corrected chi connectivity index (χ0v) is 21.6. The maximum absolute atomic E-state index is 13.0. The number of hydrogen-bond donors (Lipinski definition) is 1. The lowest BCUT2D eigenvalue weighted by Gasteiger charge is -2.28. The van der Waals surface area contributed by atoms with E-state index in [4.69, 9.17) is 26.2 Å². The summed E-state index contributed by atoms with van der Waals surface area (Å²) in [7, 11) is 0. The number of rotatable bonds is 5. The number of ether oxygens (including phenoxy) is 2. The van der Waals surface area contributed by atoms with E-state index in [1.165, 1.54) is 0 Å². The van der Waals surface area contributed by atoms with Crippen LogP contribution in [0.25, 0.3) is 5.69 Å². The van der Waals surface area contributed by atoms with Gasteiger partial charge in [-0.3, -0.25) is 9.36 Å². The molecule has 0 unspecified atom stereocenters. The van der Waals surface area contributed by atoms with E-state index in [-0.39, 0.29) is 24.0 Å². The van der Waals surface area contributed by atoms with Crippen LogP contribution in [-0.2, 0) is 22.4 Å². The van der Waals surface area contributed by atoms with Crippen LogP contribution in [0.15, 0.2) is 42.6 Å². The fraction of sp³-hybridized carbons (Fsp3) is 0.500. The minimum atomic E-state index is -0.0617. The molecule has 0 radical (unpaired) electrons. The Labute approximate surface area is 221 Å². The fourth-order valence-corrected chi connectivity index (χ4v) is 6.09. The molecule has 3 aliphatic rings. The van der Waals surface area contributed by atoms with E-state index >= 15 is 0 Å². The minimum Gasteiger partial charge on any atom is -0.474 e.